The molecule has 0 unspecified atom stereocenters. The highest BCUT2D eigenvalue weighted by Gasteiger charge is 2.47. The third-order valence-electron chi connectivity index (χ3n) is 3.94. The Morgan fingerprint density at radius 1 is 1.50 bits per heavy atom. The largest absolute Gasteiger partial charge is 0.478 e. The second-order valence-electron chi connectivity index (χ2n) is 5.46. The van der Waals surface area contributed by atoms with Gasteiger partial charge in [0.05, 0.1) is 21.0 Å². The highest BCUT2D eigenvalue weighted by Crippen LogP contribution is 2.49. The monoisotopic (exact) mass is 408 g/mol. The van der Waals surface area contributed by atoms with Crippen LogP contribution in [-0.2, 0) is 7.05 Å². The van der Waals surface area contributed by atoms with Gasteiger partial charge in [0.1, 0.15) is 28.7 Å². The van der Waals surface area contributed by atoms with Gasteiger partial charge >= 0.3 is 0 Å². The van der Waals surface area contributed by atoms with Crippen LogP contribution in [0.5, 0.6) is 5.75 Å². The molecule has 1 aliphatic heterocycles. The first-order valence-corrected chi connectivity index (χ1v) is 7.81. The molecule has 7 heteroatoms. The molecular weight excluding hydrogens is 398 g/mol. The number of fused-ring (bicyclic) bond motifs is 1. The van der Waals surface area contributed by atoms with Crippen molar-refractivity contribution < 1.29 is 9.13 Å². The number of halogens is 2. The van der Waals surface area contributed by atoms with Gasteiger partial charge in [-0.15, -0.1) is 0 Å². The van der Waals surface area contributed by atoms with Gasteiger partial charge in [-0.2, -0.15) is 10.4 Å². The van der Waals surface area contributed by atoms with Crippen molar-refractivity contribution in [2.75, 3.05) is 0 Å². The van der Waals surface area contributed by atoms with E-state index in [1.54, 1.807) is 24.1 Å². The molecule has 0 saturated heterocycles. The summed E-state index contributed by atoms with van der Waals surface area (Å²) in [6, 6.07) is 3.41. The maximum Gasteiger partial charge on any atom is 0.164 e. The third kappa shape index (κ3) is 1.86. The van der Waals surface area contributed by atoms with Gasteiger partial charge in [0.2, 0.25) is 0 Å². The second kappa shape index (κ2) is 4.52. The molecule has 0 atom stereocenters. The van der Waals surface area contributed by atoms with Crippen LogP contribution in [-0.4, -0.2) is 21.6 Å². The first-order valence-electron chi connectivity index (χ1n) is 6.73. The zero-order valence-corrected chi connectivity index (χ0v) is 13.8. The van der Waals surface area contributed by atoms with Crippen molar-refractivity contribution in [1.29, 1.82) is 5.26 Å². The highest BCUT2D eigenvalue weighted by atomic mass is 127. The van der Waals surface area contributed by atoms with Gasteiger partial charge in [0.25, 0.3) is 0 Å². The summed E-state index contributed by atoms with van der Waals surface area (Å²) >= 11 is 2.08. The van der Waals surface area contributed by atoms with Crippen LogP contribution in [0, 0.1) is 20.7 Å². The minimum absolute atomic E-state index is 0.180. The number of nitrogens with zero attached hydrogens (tertiary/aromatic N) is 4. The van der Waals surface area contributed by atoms with E-state index in [-0.39, 0.29) is 11.1 Å². The molecule has 4 rings (SSSR count). The summed E-state index contributed by atoms with van der Waals surface area (Å²) in [5.74, 6) is -0.125. The normalized spacial score (nSPS) is 17.0. The number of rotatable bonds is 1. The summed E-state index contributed by atoms with van der Waals surface area (Å²) in [7, 11) is 1.72. The summed E-state index contributed by atoms with van der Waals surface area (Å²) in [6.45, 7) is 0. The average molecular weight is 408 g/mol. The molecule has 1 fully saturated rings. The molecule has 2 heterocycles. The van der Waals surface area contributed by atoms with Crippen molar-refractivity contribution in [2.45, 2.75) is 18.4 Å². The van der Waals surface area contributed by atoms with Crippen molar-refractivity contribution in [3.63, 3.8) is 0 Å². The number of hydrogen-bond acceptors (Lipinski definition) is 4. The fraction of sp³-hybridized carbons (Fsp3) is 0.267. The standard InChI is InChI=1S/C15H10FIN4O/c1-21-13(10(17)6-20-21)12-8(5-18)14-11(4-9(12)16)19-7-15(22-14)2-3-15/h4,6-7H,2-3H2,1H3. The van der Waals surface area contributed by atoms with Gasteiger partial charge in [0.15, 0.2) is 5.75 Å². The van der Waals surface area contributed by atoms with Crippen LogP contribution < -0.4 is 4.74 Å². The zero-order chi connectivity index (χ0) is 15.5. The smallest absolute Gasteiger partial charge is 0.164 e. The zero-order valence-electron chi connectivity index (χ0n) is 11.6. The van der Waals surface area contributed by atoms with Gasteiger partial charge in [-0.3, -0.25) is 9.67 Å². The minimum atomic E-state index is -0.496. The predicted molar refractivity (Wildman–Crippen MR) is 86.8 cm³/mol. The number of aromatic nitrogens is 2. The summed E-state index contributed by atoms with van der Waals surface area (Å²) in [6.07, 6.45) is 5.09. The van der Waals surface area contributed by atoms with Crippen molar-refractivity contribution in [2.24, 2.45) is 12.0 Å². The molecule has 2 aromatic rings. The Hall–Kier alpha value is -1.95. The van der Waals surface area contributed by atoms with Crippen molar-refractivity contribution in [3.8, 4) is 23.1 Å². The molecule has 0 bridgehead atoms. The fourth-order valence-electron chi connectivity index (χ4n) is 2.62. The van der Waals surface area contributed by atoms with Crippen LogP contribution in [0.3, 0.4) is 0 Å². The first kappa shape index (κ1) is 13.7. The fourth-order valence-corrected chi connectivity index (χ4v) is 3.36. The third-order valence-corrected chi connectivity index (χ3v) is 4.73. The Morgan fingerprint density at radius 2 is 2.27 bits per heavy atom. The quantitative estimate of drug-likeness (QED) is 0.681. The Morgan fingerprint density at radius 3 is 2.86 bits per heavy atom. The summed E-state index contributed by atoms with van der Waals surface area (Å²) in [5.41, 5.74) is 0.943. The lowest BCUT2D eigenvalue weighted by molar-refractivity contribution is 0.249. The molecule has 1 aromatic carbocycles. The lowest BCUT2D eigenvalue weighted by Gasteiger charge is -2.22. The lowest BCUT2D eigenvalue weighted by atomic mass is 10.0. The van der Waals surface area contributed by atoms with Crippen LogP contribution >= 0.6 is 22.6 Å². The van der Waals surface area contributed by atoms with Crippen LogP contribution in [0.1, 0.15) is 18.4 Å². The number of hydrogen-bond donors (Lipinski definition) is 0. The van der Waals surface area contributed by atoms with Crippen LogP contribution in [0.2, 0.25) is 0 Å². The maximum absolute atomic E-state index is 14.6. The number of nitriles is 1. The van der Waals surface area contributed by atoms with E-state index in [0.29, 0.717) is 17.1 Å². The van der Waals surface area contributed by atoms with Crippen LogP contribution in [0.15, 0.2) is 17.3 Å². The number of aryl methyl sites for hydroxylation is 1. The molecule has 110 valence electrons. The van der Waals surface area contributed by atoms with Crippen LogP contribution in [0.25, 0.3) is 11.3 Å². The van der Waals surface area contributed by atoms with E-state index in [4.69, 9.17) is 4.74 Å². The molecule has 1 spiro atoms. The van der Waals surface area contributed by atoms with Gasteiger partial charge in [-0.1, -0.05) is 0 Å². The lowest BCUT2D eigenvalue weighted by Crippen LogP contribution is -2.23. The molecule has 1 aliphatic carbocycles. The van der Waals surface area contributed by atoms with Gasteiger partial charge in [0, 0.05) is 19.3 Å². The van der Waals surface area contributed by atoms with Crippen molar-refractivity contribution >= 4 is 34.5 Å². The number of benzene rings is 1. The molecule has 0 N–H and O–H groups in total. The SMILES string of the molecule is Cn1ncc(I)c1-c1c(F)cc2c(c1C#N)OC1(C=N2)CC1. The maximum atomic E-state index is 14.6. The van der Waals surface area contributed by atoms with Gasteiger partial charge in [-0.25, -0.2) is 4.39 Å². The minimum Gasteiger partial charge on any atom is -0.478 e. The Labute approximate surface area is 139 Å². The molecule has 0 amide bonds. The summed E-state index contributed by atoms with van der Waals surface area (Å²) in [4.78, 5) is 4.28. The van der Waals surface area contributed by atoms with E-state index < -0.39 is 11.4 Å². The van der Waals surface area contributed by atoms with E-state index in [9.17, 15) is 9.65 Å². The van der Waals surface area contributed by atoms with Crippen molar-refractivity contribution in [1.82, 2.24) is 9.78 Å². The molecule has 0 radical (unpaired) electrons. The van der Waals surface area contributed by atoms with Crippen LogP contribution in [0.4, 0.5) is 10.1 Å². The van der Waals surface area contributed by atoms with E-state index in [2.05, 4.69) is 38.8 Å². The molecular formula is C15H10FIN4O. The van der Waals surface area contributed by atoms with Gasteiger partial charge < -0.3 is 4.74 Å². The van der Waals surface area contributed by atoms with Gasteiger partial charge in [-0.05, 0) is 35.4 Å². The predicted octanol–water partition coefficient (Wildman–Crippen LogP) is 3.33. The molecule has 2 aliphatic rings. The van der Waals surface area contributed by atoms with E-state index in [0.717, 1.165) is 16.4 Å². The Balaban J connectivity index is 2.01. The van der Waals surface area contributed by atoms with E-state index >= 15 is 0 Å². The first-order chi connectivity index (χ1) is 10.5. The Kier molecular flexibility index (Phi) is 2.81. The Bertz CT molecular complexity index is 857. The van der Waals surface area contributed by atoms with E-state index in [1.165, 1.54) is 6.07 Å². The molecule has 5 nitrogen and oxygen atoms in total. The molecule has 22 heavy (non-hydrogen) atoms. The topological polar surface area (TPSA) is 63.2 Å². The number of ether oxygens (including phenoxy) is 1. The van der Waals surface area contributed by atoms with Crippen molar-refractivity contribution in [3.05, 3.63) is 27.2 Å². The summed E-state index contributed by atoms with van der Waals surface area (Å²) in [5, 5.41) is 13.7. The number of aliphatic imine (C=N–C) groups is 1. The van der Waals surface area contributed by atoms with E-state index in [1.807, 2.05) is 0 Å². The average Bonchev–Trinajstić information content (AvgIpc) is 3.17. The molecule has 1 aromatic heterocycles. The summed E-state index contributed by atoms with van der Waals surface area (Å²) < 4.78 is 22.9. The highest BCUT2D eigenvalue weighted by molar-refractivity contribution is 14.1. The second-order valence-corrected chi connectivity index (χ2v) is 6.62. The molecule has 1 saturated carbocycles.